The van der Waals surface area contributed by atoms with Gasteiger partial charge in [-0.25, -0.2) is 0 Å². The summed E-state index contributed by atoms with van der Waals surface area (Å²) in [4.78, 5) is 16.3. The zero-order valence-corrected chi connectivity index (χ0v) is 12.2. The minimum absolute atomic E-state index is 0.0102. The minimum Gasteiger partial charge on any atom is -0.366 e. The number of rotatable bonds is 4. The molecule has 0 bridgehead atoms. The molecule has 0 saturated carbocycles. The first-order chi connectivity index (χ1) is 9.69. The van der Waals surface area contributed by atoms with Crippen LogP contribution >= 0.6 is 0 Å². The van der Waals surface area contributed by atoms with Gasteiger partial charge in [-0.15, -0.1) is 0 Å². The van der Waals surface area contributed by atoms with E-state index in [1.807, 2.05) is 7.05 Å². The van der Waals surface area contributed by atoms with E-state index in [0.717, 1.165) is 39.0 Å². The van der Waals surface area contributed by atoms with E-state index >= 15 is 0 Å². The Morgan fingerprint density at radius 1 is 1.40 bits per heavy atom. The van der Waals surface area contributed by atoms with Gasteiger partial charge in [-0.2, -0.15) is 5.26 Å². The second-order valence-electron chi connectivity index (χ2n) is 5.74. The summed E-state index contributed by atoms with van der Waals surface area (Å²) in [7, 11) is 2.01. The van der Waals surface area contributed by atoms with E-state index in [4.69, 9.17) is 10.00 Å². The molecule has 2 rings (SSSR count). The van der Waals surface area contributed by atoms with Gasteiger partial charge in [-0.3, -0.25) is 9.69 Å². The molecule has 0 radical (unpaired) electrons. The van der Waals surface area contributed by atoms with Gasteiger partial charge in [0.15, 0.2) is 0 Å². The van der Waals surface area contributed by atoms with Crippen molar-refractivity contribution in [3.63, 3.8) is 0 Å². The number of hydrogen-bond acceptors (Lipinski definition) is 5. The molecule has 20 heavy (non-hydrogen) atoms. The second-order valence-corrected chi connectivity index (χ2v) is 5.74. The van der Waals surface area contributed by atoms with Crippen LogP contribution in [0.3, 0.4) is 0 Å². The van der Waals surface area contributed by atoms with Gasteiger partial charge in [-0.05, 0) is 38.9 Å². The fraction of sp³-hybridized carbons (Fsp3) is 0.857. The summed E-state index contributed by atoms with van der Waals surface area (Å²) in [6.07, 6.45) is 1.77. The molecule has 2 heterocycles. The second kappa shape index (κ2) is 7.58. The molecule has 1 amide bonds. The van der Waals surface area contributed by atoms with Crippen LogP contribution in [0.4, 0.5) is 0 Å². The van der Waals surface area contributed by atoms with Gasteiger partial charge in [-0.1, -0.05) is 0 Å². The van der Waals surface area contributed by atoms with Gasteiger partial charge in [0.05, 0.1) is 19.2 Å². The predicted molar refractivity (Wildman–Crippen MR) is 75.0 cm³/mol. The van der Waals surface area contributed by atoms with Crippen molar-refractivity contribution in [2.45, 2.75) is 18.9 Å². The molecule has 1 N–H and O–H groups in total. The van der Waals surface area contributed by atoms with E-state index in [0.29, 0.717) is 25.6 Å². The van der Waals surface area contributed by atoms with Crippen LogP contribution in [0, 0.1) is 17.2 Å². The number of piperidine rings is 1. The van der Waals surface area contributed by atoms with Gasteiger partial charge in [0.2, 0.25) is 5.91 Å². The first-order valence-electron chi connectivity index (χ1n) is 7.36. The smallest absolute Gasteiger partial charge is 0.250 e. The topological polar surface area (TPSA) is 68.6 Å². The predicted octanol–water partition coefficient (Wildman–Crippen LogP) is -0.331. The number of nitrogens with one attached hydrogen (secondary N) is 1. The third-order valence-corrected chi connectivity index (χ3v) is 4.13. The fourth-order valence-electron chi connectivity index (χ4n) is 2.74. The van der Waals surface area contributed by atoms with Crippen LogP contribution in [0.25, 0.3) is 0 Å². The highest BCUT2D eigenvalue weighted by Gasteiger charge is 2.26. The fourth-order valence-corrected chi connectivity index (χ4v) is 2.74. The van der Waals surface area contributed by atoms with Crippen molar-refractivity contribution >= 4 is 5.91 Å². The third kappa shape index (κ3) is 4.44. The Labute approximate surface area is 120 Å². The number of nitriles is 1. The van der Waals surface area contributed by atoms with Crippen LogP contribution in [-0.2, 0) is 9.53 Å². The summed E-state index contributed by atoms with van der Waals surface area (Å²) < 4.78 is 5.50. The number of amides is 1. The molecule has 0 unspecified atom stereocenters. The Morgan fingerprint density at radius 3 is 2.80 bits per heavy atom. The van der Waals surface area contributed by atoms with Crippen molar-refractivity contribution in [3.05, 3.63) is 0 Å². The molecule has 1 atom stereocenters. The third-order valence-electron chi connectivity index (χ3n) is 4.13. The number of carbonyl (C=O) groups is 1. The lowest BCUT2D eigenvalue weighted by molar-refractivity contribution is -0.138. The molecule has 2 saturated heterocycles. The SMILES string of the molecule is CN1CCO[C@@H](C(=O)NCC2CCN(CC#N)CC2)C1. The molecule has 6 nitrogen and oxygen atoms in total. The number of hydrogen-bond donors (Lipinski definition) is 1. The van der Waals surface area contributed by atoms with Crippen molar-refractivity contribution in [2.75, 3.05) is 52.9 Å². The van der Waals surface area contributed by atoms with Crippen LogP contribution in [0.2, 0.25) is 0 Å². The Hall–Kier alpha value is -1.16. The highest BCUT2D eigenvalue weighted by atomic mass is 16.5. The molecule has 0 aromatic rings. The lowest BCUT2D eigenvalue weighted by Crippen LogP contribution is -2.49. The van der Waals surface area contributed by atoms with Crippen LogP contribution in [0.5, 0.6) is 0 Å². The summed E-state index contributed by atoms with van der Waals surface area (Å²) in [5.74, 6) is 0.534. The lowest BCUT2D eigenvalue weighted by atomic mass is 9.97. The summed E-state index contributed by atoms with van der Waals surface area (Å²) in [5, 5.41) is 11.7. The van der Waals surface area contributed by atoms with Gasteiger partial charge in [0.25, 0.3) is 0 Å². The lowest BCUT2D eigenvalue weighted by Gasteiger charge is -2.32. The van der Waals surface area contributed by atoms with Gasteiger partial charge in [0, 0.05) is 19.6 Å². The Kier molecular flexibility index (Phi) is 5.77. The normalized spacial score (nSPS) is 26.1. The van der Waals surface area contributed by atoms with Gasteiger partial charge < -0.3 is 15.0 Å². The van der Waals surface area contributed by atoms with E-state index in [1.54, 1.807) is 0 Å². The Bertz CT molecular complexity index is 361. The van der Waals surface area contributed by atoms with Crippen LogP contribution in [-0.4, -0.2) is 74.7 Å². The first-order valence-corrected chi connectivity index (χ1v) is 7.36. The molecule has 2 aliphatic heterocycles. The van der Waals surface area contributed by atoms with Crippen LogP contribution in [0.15, 0.2) is 0 Å². The molecule has 0 aliphatic carbocycles. The summed E-state index contributed by atoms with van der Waals surface area (Å²) in [6, 6.07) is 2.18. The van der Waals surface area contributed by atoms with Crippen molar-refractivity contribution in [1.82, 2.24) is 15.1 Å². The standard InChI is InChI=1S/C14H24N4O2/c1-17-8-9-20-13(11-17)14(19)16-10-12-2-5-18(6-3-12)7-4-15/h12-13H,2-3,5-11H2,1H3,(H,16,19)/t13-/m1/s1. The zero-order chi connectivity index (χ0) is 14.4. The maximum Gasteiger partial charge on any atom is 0.250 e. The van der Waals surface area contributed by atoms with E-state index in [1.165, 1.54) is 0 Å². The van der Waals surface area contributed by atoms with Crippen LogP contribution < -0.4 is 5.32 Å². The highest BCUT2D eigenvalue weighted by Crippen LogP contribution is 2.16. The Morgan fingerprint density at radius 2 is 2.15 bits per heavy atom. The first kappa shape index (κ1) is 15.2. The summed E-state index contributed by atoms with van der Waals surface area (Å²) >= 11 is 0. The van der Waals surface area contributed by atoms with Crippen molar-refractivity contribution < 1.29 is 9.53 Å². The number of likely N-dealkylation sites (tertiary alicyclic amines) is 1. The highest BCUT2D eigenvalue weighted by molar-refractivity contribution is 5.81. The van der Waals surface area contributed by atoms with E-state index in [-0.39, 0.29) is 12.0 Å². The minimum atomic E-state index is -0.326. The van der Waals surface area contributed by atoms with E-state index in [2.05, 4.69) is 21.2 Å². The van der Waals surface area contributed by atoms with E-state index < -0.39 is 0 Å². The molecule has 2 fully saturated rings. The average molecular weight is 280 g/mol. The zero-order valence-electron chi connectivity index (χ0n) is 12.2. The Balaban J connectivity index is 1.65. The molecule has 112 valence electrons. The largest absolute Gasteiger partial charge is 0.366 e. The maximum atomic E-state index is 12.0. The van der Waals surface area contributed by atoms with Crippen molar-refractivity contribution in [1.29, 1.82) is 5.26 Å². The quantitative estimate of drug-likeness (QED) is 0.714. The van der Waals surface area contributed by atoms with E-state index in [9.17, 15) is 4.79 Å². The molecule has 2 aliphatic rings. The molecule has 6 heteroatoms. The molecule has 0 aromatic heterocycles. The number of nitrogens with zero attached hydrogens (tertiary/aromatic N) is 3. The van der Waals surface area contributed by atoms with Crippen molar-refractivity contribution in [2.24, 2.45) is 5.92 Å². The number of likely N-dealkylation sites (N-methyl/N-ethyl adjacent to an activating group) is 1. The maximum absolute atomic E-state index is 12.0. The number of morpholine rings is 1. The average Bonchev–Trinajstić information content (AvgIpc) is 2.46. The monoisotopic (exact) mass is 280 g/mol. The molecule has 0 aromatic carbocycles. The van der Waals surface area contributed by atoms with Gasteiger partial charge >= 0.3 is 0 Å². The molecule has 0 spiro atoms. The summed E-state index contributed by atoms with van der Waals surface area (Å²) in [6.45, 7) is 5.34. The van der Waals surface area contributed by atoms with Crippen LogP contribution in [0.1, 0.15) is 12.8 Å². The van der Waals surface area contributed by atoms with Gasteiger partial charge in [0.1, 0.15) is 6.10 Å². The molecular formula is C14H24N4O2. The summed E-state index contributed by atoms with van der Waals surface area (Å²) in [5.41, 5.74) is 0. The van der Waals surface area contributed by atoms with Crippen molar-refractivity contribution in [3.8, 4) is 6.07 Å². The molecular weight excluding hydrogens is 256 g/mol. The number of ether oxygens (including phenoxy) is 1. The number of carbonyl (C=O) groups excluding carboxylic acids is 1.